The highest BCUT2D eigenvalue weighted by Crippen LogP contribution is 2.40. The number of rotatable bonds is 2. The first-order valence-corrected chi connectivity index (χ1v) is 9.32. The van der Waals surface area contributed by atoms with Gasteiger partial charge in [-0.05, 0) is 49.7 Å². The van der Waals surface area contributed by atoms with Crippen LogP contribution in [0.25, 0.3) is 11.0 Å². The first-order chi connectivity index (χ1) is 11.8. The van der Waals surface area contributed by atoms with E-state index in [0.717, 1.165) is 68.1 Å². The van der Waals surface area contributed by atoms with Crippen molar-refractivity contribution in [2.45, 2.75) is 37.8 Å². The number of ether oxygens (including phenoxy) is 1. The van der Waals surface area contributed by atoms with Gasteiger partial charge in [0, 0.05) is 25.2 Å². The van der Waals surface area contributed by atoms with Crippen molar-refractivity contribution in [3.05, 3.63) is 34.7 Å². The summed E-state index contributed by atoms with van der Waals surface area (Å²) in [6, 6.07) is 9.08. The number of imidazole rings is 1. The second-order valence-electron chi connectivity index (χ2n) is 7.71. The number of hydrogen-bond donors (Lipinski definition) is 1. The Labute approximate surface area is 141 Å². The number of aromatic amines is 1. The molecule has 3 aliphatic rings. The molecule has 3 heterocycles. The van der Waals surface area contributed by atoms with Crippen LogP contribution in [0, 0.1) is 11.8 Å². The number of hydrogen-bond acceptors (Lipinski definition) is 3. The Bertz CT molecular complexity index is 771. The summed E-state index contributed by atoms with van der Waals surface area (Å²) in [7, 11) is 0. The average molecular weight is 327 g/mol. The maximum absolute atomic E-state index is 12.4. The second-order valence-corrected chi connectivity index (χ2v) is 7.71. The summed E-state index contributed by atoms with van der Waals surface area (Å²) in [5, 5.41) is 0. The van der Waals surface area contributed by atoms with E-state index in [1.165, 1.54) is 12.8 Å². The number of nitrogens with zero attached hydrogens (tertiary/aromatic N) is 2. The topological polar surface area (TPSA) is 50.3 Å². The molecule has 2 aromatic rings. The smallest absolute Gasteiger partial charge is 0.326 e. The first kappa shape index (κ1) is 14.7. The fraction of sp³-hybridized carbons (Fsp3) is 0.632. The maximum atomic E-state index is 12.4. The van der Waals surface area contributed by atoms with Crippen molar-refractivity contribution in [3.8, 4) is 0 Å². The molecule has 5 heteroatoms. The molecule has 0 spiro atoms. The molecule has 2 aliphatic heterocycles. The van der Waals surface area contributed by atoms with E-state index in [0.29, 0.717) is 6.04 Å². The lowest BCUT2D eigenvalue weighted by Gasteiger charge is -2.43. The van der Waals surface area contributed by atoms with E-state index in [4.69, 9.17) is 4.74 Å². The van der Waals surface area contributed by atoms with E-state index < -0.39 is 0 Å². The van der Waals surface area contributed by atoms with Crippen LogP contribution in [0.2, 0.25) is 0 Å². The van der Waals surface area contributed by atoms with E-state index in [2.05, 4.69) is 16.0 Å². The van der Waals surface area contributed by atoms with Gasteiger partial charge in [0.1, 0.15) is 0 Å². The highest BCUT2D eigenvalue weighted by atomic mass is 16.5. The van der Waals surface area contributed by atoms with Crippen molar-refractivity contribution in [1.29, 1.82) is 0 Å². The third-order valence-electron chi connectivity index (χ3n) is 6.45. The van der Waals surface area contributed by atoms with Gasteiger partial charge in [-0.1, -0.05) is 12.1 Å². The molecule has 2 atom stereocenters. The summed E-state index contributed by atoms with van der Waals surface area (Å²) in [4.78, 5) is 18.1. The van der Waals surface area contributed by atoms with Gasteiger partial charge in [-0.15, -0.1) is 0 Å². The second kappa shape index (κ2) is 5.74. The Morgan fingerprint density at radius 1 is 1.00 bits per heavy atom. The van der Waals surface area contributed by atoms with Crippen LogP contribution in [0.5, 0.6) is 0 Å². The van der Waals surface area contributed by atoms with E-state index in [-0.39, 0.29) is 5.69 Å². The predicted octanol–water partition coefficient (Wildman–Crippen LogP) is 2.39. The fourth-order valence-corrected chi connectivity index (χ4v) is 5.36. The van der Waals surface area contributed by atoms with E-state index in [1.807, 2.05) is 22.8 Å². The van der Waals surface area contributed by atoms with Gasteiger partial charge in [0.25, 0.3) is 0 Å². The van der Waals surface area contributed by atoms with Crippen molar-refractivity contribution >= 4 is 11.0 Å². The first-order valence-electron chi connectivity index (χ1n) is 9.32. The quantitative estimate of drug-likeness (QED) is 0.921. The van der Waals surface area contributed by atoms with Crippen molar-refractivity contribution in [1.82, 2.24) is 14.5 Å². The number of aromatic nitrogens is 2. The number of nitrogens with one attached hydrogen (secondary N) is 1. The van der Waals surface area contributed by atoms with Crippen molar-refractivity contribution in [2.75, 3.05) is 26.3 Å². The molecule has 3 fully saturated rings. The molecule has 5 nitrogen and oxygen atoms in total. The highest BCUT2D eigenvalue weighted by Gasteiger charge is 2.43. The normalized spacial score (nSPS) is 31.8. The van der Waals surface area contributed by atoms with Crippen molar-refractivity contribution in [3.63, 3.8) is 0 Å². The summed E-state index contributed by atoms with van der Waals surface area (Å²) >= 11 is 0. The average Bonchev–Trinajstić information content (AvgIpc) is 3.07. The minimum atomic E-state index is 0.0424. The van der Waals surface area contributed by atoms with E-state index in [9.17, 15) is 4.79 Å². The molecule has 2 bridgehead atoms. The lowest BCUT2D eigenvalue weighted by atomic mass is 9.91. The molecule has 128 valence electrons. The molecule has 1 aromatic carbocycles. The molecule has 24 heavy (non-hydrogen) atoms. The number of likely N-dealkylation sites (tertiary alicyclic amines) is 1. The van der Waals surface area contributed by atoms with Gasteiger partial charge in [-0.25, -0.2) is 4.79 Å². The zero-order chi connectivity index (χ0) is 16.1. The summed E-state index contributed by atoms with van der Waals surface area (Å²) in [6.45, 7) is 4.11. The number of para-hydroxylation sites is 2. The van der Waals surface area contributed by atoms with Crippen LogP contribution in [-0.2, 0) is 4.74 Å². The van der Waals surface area contributed by atoms with Gasteiger partial charge in [0.05, 0.1) is 24.2 Å². The zero-order valence-corrected chi connectivity index (χ0v) is 14.0. The molecule has 0 radical (unpaired) electrons. The molecule has 2 saturated heterocycles. The van der Waals surface area contributed by atoms with Crippen LogP contribution >= 0.6 is 0 Å². The van der Waals surface area contributed by atoms with Gasteiger partial charge >= 0.3 is 5.69 Å². The third kappa shape index (κ3) is 2.25. The Hall–Kier alpha value is -1.59. The van der Waals surface area contributed by atoms with Crippen LogP contribution < -0.4 is 5.69 Å². The molecule has 1 aromatic heterocycles. The number of fused-ring (bicyclic) bond motifs is 3. The molecule has 2 unspecified atom stereocenters. The van der Waals surface area contributed by atoms with Crippen molar-refractivity contribution in [2.24, 2.45) is 11.8 Å². The number of benzene rings is 1. The molecule has 1 saturated carbocycles. The van der Waals surface area contributed by atoms with Gasteiger partial charge in [0.2, 0.25) is 0 Å². The van der Waals surface area contributed by atoms with E-state index in [1.54, 1.807) is 0 Å². The SMILES string of the molecule is O=c1[nH]c2ccccc2n1C1CCN(C2C3CCC2COC3)CC1. The highest BCUT2D eigenvalue weighted by molar-refractivity contribution is 5.75. The monoisotopic (exact) mass is 327 g/mol. The zero-order valence-electron chi connectivity index (χ0n) is 14.0. The van der Waals surface area contributed by atoms with Crippen LogP contribution in [0.15, 0.2) is 29.1 Å². The van der Waals surface area contributed by atoms with Crippen LogP contribution in [-0.4, -0.2) is 46.8 Å². The Balaban J connectivity index is 1.35. The Kier molecular flexibility index (Phi) is 3.52. The summed E-state index contributed by atoms with van der Waals surface area (Å²) in [5.74, 6) is 1.47. The molecule has 1 N–H and O–H groups in total. The standard InChI is InChI=1S/C19H25N3O2/c23-19-20-16-3-1-2-4-17(16)22(19)15-7-9-21(10-8-15)18-13-5-6-14(18)12-24-11-13/h1-4,13-15,18H,5-12H2,(H,20,23). The molecule has 5 rings (SSSR count). The molecular weight excluding hydrogens is 302 g/mol. The fourth-order valence-electron chi connectivity index (χ4n) is 5.36. The largest absolute Gasteiger partial charge is 0.381 e. The van der Waals surface area contributed by atoms with Gasteiger partial charge < -0.3 is 9.72 Å². The minimum absolute atomic E-state index is 0.0424. The van der Waals surface area contributed by atoms with Crippen molar-refractivity contribution < 1.29 is 4.74 Å². The van der Waals surface area contributed by atoms with Crippen LogP contribution in [0.4, 0.5) is 0 Å². The minimum Gasteiger partial charge on any atom is -0.381 e. The van der Waals surface area contributed by atoms with E-state index >= 15 is 0 Å². The molecular formula is C19H25N3O2. The van der Waals surface area contributed by atoms with Gasteiger partial charge in [-0.2, -0.15) is 0 Å². The van der Waals surface area contributed by atoms with Gasteiger partial charge in [-0.3, -0.25) is 9.47 Å². The molecule has 0 amide bonds. The maximum Gasteiger partial charge on any atom is 0.326 e. The lowest BCUT2D eigenvalue weighted by molar-refractivity contribution is -0.0310. The van der Waals surface area contributed by atoms with Gasteiger partial charge in [0.15, 0.2) is 0 Å². The Morgan fingerprint density at radius 2 is 1.71 bits per heavy atom. The summed E-state index contributed by atoms with van der Waals surface area (Å²) in [5.41, 5.74) is 2.04. The molecule has 1 aliphatic carbocycles. The number of piperidine rings is 1. The third-order valence-corrected chi connectivity index (χ3v) is 6.45. The predicted molar refractivity (Wildman–Crippen MR) is 93.2 cm³/mol. The lowest BCUT2D eigenvalue weighted by Crippen LogP contribution is -2.50. The Morgan fingerprint density at radius 3 is 2.46 bits per heavy atom. The number of H-pyrrole nitrogens is 1. The van der Waals surface area contributed by atoms with Crippen LogP contribution in [0.3, 0.4) is 0 Å². The van der Waals surface area contributed by atoms with Crippen LogP contribution in [0.1, 0.15) is 31.7 Å². The summed E-state index contributed by atoms with van der Waals surface area (Å²) < 4.78 is 7.74. The summed E-state index contributed by atoms with van der Waals surface area (Å²) in [6.07, 6.45) is 4.80.